The maximum Gasteiger partial charge on any atom is 0.501 e. The summed E-state index contributed by atoms with van der Waals surface area (Å²) in [6, 6.07) is 1.66. The van der Waals surface area contributed by atoms with Crippen LogP contribution < -0.4 is 10.5 Å². The van der Waals surface area contributed by atoms with Gasteiger partial charge >= 0.3 is 5.51 Å². The minimum atomic E-state index is -5.47. The molecule has 3 N–H and O–H groups in total. The van der Waals surface area contributed by atoms with Crippen molar-refractivity contribution in [2.75, 3.05) is 0 Å². The predicted octanol–water partition coefficient (Wildman–Crippen LogP) is 1.93. The molecule has 0 saturated heterocycles. The monoisotopic (exact) mass is 361 g/mol. The average Bonchev–Trinajstić information content (AvgIpc) is 2.34. The van der Waals surface area contributed by atoms with Crippen molar-refractivity contribution in [2.45, 2.75) is 42.0 Å². The summed E-state index contributed by atoms with van der Waals surface area (Å²) < 4.78 is 65.9. The summed E-state index contributed by atoms with van der Waals surface area (Å²) in [7, 11) is -5.47. The lowest BCUT2D eigenvalue weighted by Gasteiger charge is -2.40. The van der Waals surface area contributed by atoms with Crippen molar-refractivity contribution >= 4 is 22.2 Å². The Hall–Kier alpha value is -1.03. The van der Waals surface area contributed by atoms with E-state index in [4.69, 9.17) is 10.5 Å². The number of sulfone groups is 1. The molecule has 5 nitrogen and oxygen atoms in total. The van der Waals surface area contributed by atoms with E-state index in [0.29, 0.717) is 0 Å². The first-order valence-corrected chi connectivity index (χ1v) is 7.44. The first-order chi connectivity index (χ1) is 9.38. The van der Waals surface area contributed by atoms with E-state index in [0.717, 1.165) is 18.2 Å². The van der Waals surface area contributed by atoms with Crippen molar-refractivity contribution in [3.63, 3.8) is 0 Å². The number of benzene rings is 1. The molecule has 1 heterocycles. The third-order valence-corrected chi connectivity index (χ3v) is 4.86. The third-order valence-electron chi connectivity index (χ3n) is 3.38. The van der Waals surface area contributed by atoms with E-state index in [1.54, 1.807) is 13.8 Å². The second-order valence-corrected chi connectivity index (χ2v) is 7.27. The quantitative estimate of drug-likeness (QED) is 0.797. The fourth-order valence-corrected chi connectivity index (χ4v) is 2.92. The molecule has 1 aromatic rings. The number of hydrogen-bond acceptors (Lipinski definition) is 5. The number of nitrogens with two attached hydrogens (primary N) is 1. The van der Waals surface area contributed by atoms with Gasteiger partial charge in [-0.2, -0.15) is 13.2 Å². The van der Waals surface area contributed by atoms with Crippen LogP contribution in [0.5, 0.6) is 5.75 Å². The molecule has 0 bridgehead atoms. The fourth-order valence-electron chi connectivity index (χ4n) is 2.13. The van der Waals surface area contributed by atoms with Gasteiger partial charge in [0.05, 0.1) is 10.9 Å². The van der Waals surface area contributed by atoms with Gasteiger partial charge in [0, 0.05) is 5.56 Å². The van der Waals surface area contributed by atoms with Crippen molar-refractivity contribution in [2.24, 2.45) is 5.73 Å². The maximum absolute atomic E-state index is 12.5. The molecule has 1 aliphatic heterocycles. The largest absolute Gasteiger partial charge is 0.501 e. The minimum absolute atomic E-state index is 0. The summed E-state index contributed by atoms with van der Waals surface area (Å²) in [6.07, 6.45) is -1.19. The molecule has 2 atom stereocenters. The molecule has 1 aliphatic rings. The van der Waals surface area contributed by atoms with Crippen LogP contribution >= 0.6 is 12.4 Å². The number of aliphatic hydroxyl groups excluding tert-OH is 1. The number of fused-ring (bicyclic) bond motifs is 1. The highest BCUT2D eigenvalue weighted by Crippen LogP contribution is 2.41. The zero-order valence-electron chi connectivity index (χ0n) is 11.6. The Kier molecular flexibility index (Phi) is 4.80. The van der Waals surface area contributed by atoms with Crippen LogP contribution in [-0.4, -0.2) is 30.7 Å². The van der Waals surface area contributed by atoms with Crippen molar-refractivity contribution in [1.82, 2.24) is 0 Å². The molecule has 2 rings (SSSR count). The molecule has 0 aromatic heterocycles. The first-order valence-electron chi connectivity index (χ1n) is 5.96. The van der Waals surface area contributed by atoms with Gasteiger partial charge in [0.1, 0.15) is 17.5 Å². The van der Waals surface area contributed by atoms with E-state index in [9.17, 15) is 26.7 Å². The Bertz CT molecular complexity index is 675. The summed E-state index contributed by atoms with van der Waals surface area (Å²) in [6.45, 7) is 3.14. The van der Waals surface area contributed by atoms with E-state index < -0.39 is 38.0 Å². The van der Waals surface area contributed by atoms with Gasteiger partial charge in [-0.15, -0.1) is 12.4 Å². The average molecular weight is 362 g/mol. The van der Waals surface area contributed by atoms with Crippen LogP contribution in [0.1, 0.15) is 25.5 Å². The third kappa shape index (κ3) is 2.90. The van der Waals surface area contributed by atoms with Crippen LogP contribution in [0, 0.1) is 0 Å². The normalized spacial score (nSPS) is 24.0. The predicted molar refractivity (Wildman–Crippen MR) is 74.6 cm³/mol. The highest BCUT2D eigenvalue weighted by Gasteiger charge is 2.48. The van der Waals surface area contributed by atoms with Crippen LogP contribution in [0.3, 0.4) is 0 Å². The van der Waals surface area contributed by atoms with Crippen LogP contribution in [0.4, 0.5) is 13.2 Å². The molecule has 2 unspecified atom stereocenters. The summed E-state index contributed by atoms with van der Waals surface area (Å²) in [5, 5.41) is 9.98. The molecular weight excluding hydrogens is 347 g/mol. The molecule has 0 amide bonds. The molecule has 22 heavy (non-hydrogen) atoms. The van der Waals surface area contributed by atoms with Gasteiger partial charge in [-0.25, -0.2) is 8.42 Å². The van der Waals surface area contributed by atoms with Crippen molar-refractivity contribution in [1.29, 1.82) is 0 Å². The van der Waals surface area contributed by atoms with Gasteiger partial charge in [-0.1, -0.05) is 0 Å². The highest BCUT2D eigenvalue weighted by molar-refractivity contribution is 7.92. The molecular formula is C12H15ClF3NO4S. The lowest BCUT2D eigenvalue weighted by atomic mass is 9.87. The van der Waals surface area contributed by atoms with Crippen LogP contribution in [0.2, 0.25) is 0 Å². The Balaban J connectivity index is 0.00000242. The van der Waals surface area contributed by atoms with Gasteiger partial charge < -0.3 is 15.6 Å². The molecule has 10 heteroatoms. The molecule has 1 aromatic carbocycles. The Morgan fingerprint density at radius 3 is 2.36 bits per heavy atom. The standard InChI is InChI=1S/C12H14F3NO4S.ClH/c1-11(2)10(17)9(16)7-5-6(3-4-8(7)20-11)21(18,19)12(13,14)15;/h3-5,9-10,17H,16H2,1-2H3;1H. The van der Waals surface area contributed by atoms with E-state index >= 15 is 0 Å². The second-order valence-electron chi connectivity index (χ2n) is 5.32. The number of alkyl halides is 3. The minimum Gasteiger partial charge on any atom is -0.485 e. The Morgan fingerprint density at radius 1 is 1.32 bits per heavy atom. The summed E-state index contributed by atoms with van der Waals surface area (Å²) in [5.41, 5.74) is -0.634. The van der Waals surface area contributed by atoms with E-state index in [-0.39, 0.29) is 23.7 Å². The van der Waals surface area contributed by atoms with E-state index in [2.05, 4.69) is 0 Å². The molecule has 0 radical (unpaired) electrons. The molecule has 126 valence electrons. The highest BCUT2D eigenvalue weighted by atomic mass is 35.5. The van der Waals surface area contributed by atoms with Crippen molar-refractivity contribution < 1.29 is 31.4 Å². The zero-order chi connectivity index (χ0) is 16.2. The summed E-state index contributed by atoms with van der Waals surface area (Å²) in [4.78, 5) is -0.931. The fraction of sp³-hybridized carbons (Fsp3) is 0.500. The zero-order valence-corrected chi connectivity index (χ0v) is 13.2. The summed E-state index contributed by atoms with van der Waals surface area (Å²) >= 11 is 0. The van der Waals surface area contributed by atoms with E-state index in [1.165, 1.54) is 0 Å². The number of halogens is 4. The maximum atomic E-state index is 12.5. The molecule has 0 aliphatic carbocycles. The van der Waals surface area contributed by atoms with Crippen LogP contribution in [0.25, 0.3) is 0 Å². The Labute approximate surface area is 131 Å². The van der Waals surface area contributed by atoms with Crippen molar-refractivity contribution in [3.8, 4) is 5.75 Å². The van der Waals surface area contributed by atoms with Gasteiger partial charge in [-0.3, -0.25) is 0 Å². The lowest BCUT2D eigenvalue weighted by Crippen LogP contribution is -2.51. The molecule has 0 saturated carbocycles. The van der Waals surface area contributed by atoms with Crippen molar-refractivity contribution in [3.05, 3.63) is 23.8 Å². The van der Waals surface area contributed by atoms with Gasteiger partial charge in [0.25, 0.3) is 9.84 Å². The topological polar surface area (TPSA) is 89.6 Å². The van der Waals surface area contributed by atoms with E-state index in [1.807, 2.05) is 0 Å². The lowest BCUT2D eigenvalue weighted by molar-refractivity contribution is -0.0574. The number of rotatable bonds is 1. The molecule has 0 fully saturated rings. The number of aliphatic hydroxyl groups is 1. The molecule has 0 spiro atoms. The summed E-state index contributed by atoms with van der Waals surface area (Å²) in [5.74, 6) is 0.152. The smallest absolute Gasteiger partial charge is 0.485 e. The van der Waals surface area contributed by atoms with Gasteiger partial charge in [0.15, 0.2) is 0 Å². The number of ether oxygens (including phenoxy) is 1. The first kappa shape index (κ1) is 19.0. The van der Waals surface area contributed by atoms with Gasteiger partial charge in [-0.05, 0) is 32.0 Å². The van der Waals surface area contributed by atoms with Crippen LogP contribution in [0.15, 0.2) is 23.1 Å². The second kappa shape index (κ2) is 5.55. The van der Waals surface area contributed by atoms with Gasteiger partial charge in [0.2, 0.25) is 0 Å². The Morgan fingerprint density at radius 2 is 1.86 bits per heavy atom. The SMILES string of the molecule is CC1(C)Oc2ccc(S(=O)(=O)C(F)(F)F)cc2C(N)C1O.Cl. The van der Waals surface area contributed by atoms with Crippen LogP contribution in [-0.2, 0) is 9.84 Å². The number of hydrogen-bond donors (Lipinski definition) is 2.